The number of hydrogen-bond acceptors (Lipinski definition) is 3. The van der Waals surface area contributed by atoms with E-state index in [9.17, 15) is 5.11 Å². The van der Waals surface area contributed by atoms with Crippen molar-refractivity contribution in [2.75, 3.05) is 25.4 Å². The summed E-state index contributed by atoms with van der Waals surface area (Å²) >= 11 is 12.0. The van der Waals surface area contributed by atoms with Gasteiger partial charge in [-0.25, -0.2) is 0 Å². The van der Waals surface area contributed by atoms with Crippen molar-refractivity contribution in [1.82, 2.24) is 4.90 Å². The molecule has 19 heavy (non-hydrogen) atoms. The number of benzene rings is 1. The van der Waals surface area contributed by atoms with Crippen LogP contribution in [0.15, 0.2) is 12.1 Å². The molecule has 0 heterocycles. The molecule has 3 N–H and O–H groups in total. The average Bonchev–Trinajstić information content (AvgIpc) is 2.35. The molecule has 0 saturated carbocycles. The van der Waals surface area contributed by atoms with Gasteiger partial charge in [0.25, 0.3) is 0 Å². The Morgan fingerprint density at radius 3 is 2.05 bits per heavy atom. The van der Waals surface area contributed by atoms with Crippen molar-refractivity contribution in [3.05, 3.63) is 27.7 Å². The summed E-state index contributed by atoms with van der Waals surface area (Å²) in [6.45, 7) is 6.79. The molecule has 0 saturated heterocycles. The first-order valence-electron chi connectivity index (χ1n) is 6.64. The second-order valence-corrected chi connectivity index (χ2v) is 5.53. The Morgan fingerprint density at radius 2 is 1.63 bits per heavy atom. The monoisotopic (exact) mass is 304 g/mol. The van der Waals surface area contributed by atoms with Crippen LogP contribution in [0.4, 0.5) is 5.69 Å². The maximum Gasteiger partial charge on any atom is 0.0917 e. The molecule has 1 rings (SSSR count). The number of nitrogen functional groups attached to an aromatic ring is 1. The Balaban J connectivity index is 2.78. The van der Waals surface area contributed by atoms with Crippen LogP contribution in [0.2, 0.25) is 10.0 Å². The zero-order valence-electron chi connectivity index (χ0n) is 11.5. The van der Waals surface area contributed by atoms with Gasteiger partial charge >= 0.3 is 0 Å². The summed E-state index contributed by atoms with van der Waals surface area (Å²) in [6.07, 6.45) is 1.53. The Hall–Kier alpha value is -0.480. The van der Waals surface area contributed by atoms with Gasteiger partial charge in [-0.15, -0.1) is 0 Å². The highest BCUT2D eigenvalue weighted by Crippen LogP contribution is 2.31. The fourth-order valence-corrected chi connectivity index (χ4v) is 2.58. The molecule has 1 atom stereocenters. The van der Waals surface area contributed by atoms with E-state index in [4.69, 9.17) is 28.9 Å². The van der Waals surface area contributed by atoms with E-state index in [2.05, 4.69) is 18.7 Å². The first-order chi connectivity index (χ1) is 8.99. The Bertz CT molecular complexity index is 383. The number of nitrogens with two attached hydrogens (primary N) is 1. The molecule has 0 bridgehead atoms. The molecule has 0 fully saturated rings. The maximum atomic E-state index is 10.3. The van der Waals surface area contributed by atoms with Gasteiger partial charge in [-0.1, -0.05) is 37.0 Å². The predicted octanol–water partition coefficient (Wildman–Crippen LogP) is 3.73. The van der Waals surface area contributed by atoms with Crippen molar-refractivity contribution < 1.29 is 5.11 Å². The van der Waals surface area contributed by atoms with E-state index in [0.717, 1.165) is 25.9 Å². The highest BCUT2D eigenvalue weighted by Gasteiger charge is 2.15. The first-order valence-corrected chi connectivity index (χ1v) is 7.40. The minimum absolute atomic E-state index is 0.359. The predicted molar refractivity (Wildman–Crippen MR) is 82.9 cm³/mol. The third-order valence-electron chi connectivity index (χ3n) is 3.00. The van der Waals surface area contributed by atoms with Crippen molar-refractivity contribution in [2.24, 2.45) is 0 Å². The number of hydrogen-bond donors (Lipinski definition) is 2. The number of halogens is 2. The van der Waals surface area contributed by atoms with E-state index in [1.54, 1.807) is 12.1 Å². The van der Waals surface area contributed by atoms with Crippen molar-refractivity contribution >= 4 is 28.9 Å². The Labute approximate surface area is 125 Å². The van der Waals surface area contributed by atoms with Gasteiger partial charge in [0.2, 0.25) is 0 Å². The standard InChI is InChI=1S/C14H22Cl2N2O/c1-3-5-18(6-4-2)9-13(19)10-7-11(15)14(17)12(16)8-10/h7-8,13,19H,3-6,9,17H2,1-2H3. The minimum Gasteiger partial charge on any atom is -0.396 e. The second kappa shape index (κ2) is 7.95. The molecule has 0 radical (unpaired) electrons. The Morgan fingerprint density at radius 1 is 1.16 bits per heavy atom. The molecular formula is C14H22Cl2N2O. The van der Waals surface area contributed by atoms with Crippen LogP contribution in [0, 0.1) is 0 Å². The summed E-state index contributed by atoms with van der Waals surface area (Å²) in [5.74, 6) is 0. The van der Waals surface area contributed by atoms with Crippen LogP contribution in [-0.4, -0.2) is 29.6 Å². The molecule has 1 aromatic rings. The normalized spacial score (nSPS) is 12.9. The van der Waals surface area contributed by atoms with E-state index in [0.29, 0.717) is 27.8 Å². The number of aliphatic hydroxyl groups is 1. The molecule has 0 aromatic heterocycles. The molecule has 5 heteroatoms. The van der Waals surface area contributed by atoms with Crippen molar-refractivity contribution in [3.63, 3.8) is 0 Å². The van der Waals surface area contributed by atoms with Gasteiger partial charge in [-0.05, 0) is 43.6 Å². The fraction of sp³-hybridized carbons (Fsp3) is 0.571. The zero-order chi connectivity index (χ0) is 14.4. The fourth-order valence-electron chi connectivity index (χ4n) is 2.07. The number of rotatable bonds is 7. The highest BCUT2D eigenvalue weighted by atomic mass is 35.5. The van der Waals surface area contributed by atoms with E-state index in [1.165, 1.54) is 0 Å². The van der Waals surface area contributed by atoms with Crippen molar-refractivity contribution in [3.8, 4) is 0 Å². The van der Waals surface area contributed by atoms with Crippen LogP contribution in [0.5, 0.6) is 0 Å². The van der Waals surface area contributed by atoms with Gasteiger partial charge < -0.3 is 15.7 Å². The second-order valence-electron chi connectivity index (χ2n) is 4.71. The van der Waals surface area contributed by atoms with E-state index < -0.39 is 6.10 Å². The number of nitrogens with zero attached hydrogens (tertiary/aromatic N) is 1. The van der Waals surface area contributed by atoms with Gasteiger partial charge in [0.15, 0.2) is 0 Å². The van der Waals surface area contributed by atoms with Crippen molar-refractivity contribution in [1.29, 1.82) is 0 Å². The third kappa shape index (κ3) is 4.84. The van der Waals surface area contributed by atoms with Crippen LogP contribution in [0.1, 0.15) is 38.4 Å². The summed E-state index contributed by atoms with van der Waals surface area (Å²) in [5, 5.41) is 11.1. The van der Waals surface area contributed by atoms with Gasteiger partial charge in [0.05, 0.1) is 21.8 Å². The summed E-state index contributed by atoms with van der Waals surface area (Å²) < 4.78 is 0. The molecule has 0 aliphatic rings. The smallest absolute Gasteiger partial charge is 0.0917 e. The largest absolute Gasteiger partial charge is 0.396 e. The lowest BCUT2D eigenvalue weighted by atomic mass is 10.1. The van der Waals surface area contributed by atoms with Crippen LogP contribution < -0.4 is 5.73 Å². The molecule has 1 aromatic carbocycles. The summed E-state index contributed by atoms with van der Waals surface area (Å²) in [6, 6.07) is 3.37. The molecule has 108 valence electrons. The lowest BCUT2D eigenvalue weighted by Crippen LogP contribution is -2.30. The average molecular weight is 305 g/mol. The quantitative estimate of drug-likeness (QED) is 0.755. The Kier molecular flexibility index (Phi) is 6.94. The molecule has 0 aliphatic carbocycles. The van der Waals surface area contributed by atoms with Crippen LogP contribution >= 0.6 is 23.2 Å². The van der Waals surface area contributed by atoms with Crippen molar-refractivity contribution in [2.45, 2.75) is 32.8 Å². The van der Waals surface area contributed by atoms with Crippen LogP contribution in [0.3, 0.4) is 0 Å². The molecule has 0 spiro atoms. The van der Waals surface area contributed by atoms with Gasteiger partial charge in [0.1, 0.15) is 0 Å². The van der Waals surface area contributed by atoms with E-state index in [1.807, 2.05) is 0 Å². The first kappa shape index (κ1) is 16.6. The molecule has 0 amide bonds. The lowest BCUT2D eigenvalue weighted by molar-refractivity contribution is 0.113. The SMILES string of the molecule is CCCN(CCC)CC(O)c1cc(Cl)c(N)c(Cl)c1. The lowest BCUT2D eigenvalue weighted by Gasteiger charge is -2.24. The molecule has 0 aliphatic heterocycles. The number of anilines is 1. The number of aliphatic hydroxyl groups excluding tert-OH is 1. The van der Waals surface area contributed by atoms with Gasteiger partial charge in [0, 0.05) is 6.54 Å². The van der Waals surface area contributed by atoms with E-state index in [-0.39, 0.29) is 0 Å². The molecular weight excluding hydrogens is 283 g/mol. The van der Waals surface area contributed by atoms with Gasteiger partial charge in [-0.2, -0.15) is 0 Å². The summed E-state index contributed by atoms with van der Waals surface area (Å²) in [7, 11) is 0. The van der Waals surface area contributed by atoms with E-state index >= 15 is 0 Å². The maximum absolute atomic E-state index is 10.3. The molecule has 1 unspecified atom stereocenters. The summed E-state index contributed by atoms with van der Waals surface area (Å²) in [4.78, 5) is 2.24. The van der Waals surface area contributed by atoms with Crippen LogP contribution in [0.25, 0.3) is 0 Å². The summed E-state index contributed by atoms with van der Waals surface area (Å²) in [5.41, 5.74) is 6.76. The third-order valence-corrected chi connectivity index (χ3v) is 3.62. The van der Waals surface area contributed by atoms with Crippen LogP contribution in [-0.2, 0) is 0 Å². The highest BCUT2D eigenvalue weighted by molar-refractivity contribution is 6.38. The zero-order valence-corrected chi connectivity index (χ0v) is 13.0. The van der Waals surface area contributed by atoms with Gasteiger partial charge in [-0.3, -0.25) is 0 Å². The minimum atomic E-state index is -0.603. The topological polar surface area (TPSA) is 49.5 Å². The molecule has 3 nitrogen and oxygen atoms in total.